The van der Waals surface area contributed by atoms with Gasteiger partial charge in [-0.2, -0.15) is 0 Å². The van der Waals surface area contributed by atoms with Crippen LogP contribution in [0.3, 0.4) is 0 Å². The maximum Gasteiger partial charge on any atom is 0.141 e. The molecule has 1 aromatic heterocycles. The molecule has 2 heterocycles. The first-order valence-corrected chi connectivity index (χ1v) is 8.25. The van der Waals surface area contributed by atoms with Crippen molar-refractivity contribution in [1.82, 2.24) is 9.88 Å². The van der Waals surface area contributed by atoms with E-state index in [4.69, 9.17) is 15.5 Å². The number of hydrogen-bond donors (Lipinski definition) is 1. The van der Waals surface area contributed by atoms with Gasteiger partial charge in [0, 0.05) is 10.9 Å². The van der Waals surface area contributed by atoms with Crippen LogP contribution in [0.5, 0.6) is 5.75 Å². The molecule has 2 aromatic rings. The first kappa shape index (κ1) is 14.4. The van der Waals surface area contributed by atoms with E-state index in [1.807, 2.05) is 18.2 Å². The minimum absolute atomic E-state index is 0.653. The van der Waals surface area contributed by atoms with Gasteiger partial charge < -0.3 is 10.5 Å². The highest BCUT2D eigenvalue weighted by atomic mass is 32.1. The number of piperidine rings is 1. The standard InChI is InChI=1S/C16H21N3OS/c1-20-15-6-5-12(9-13(15)17)14-11-21-16(18-14)10-19-7-3-2-4-8-19/h5-6,9,11H,2-4,7-8,10,17H2,1H3. The Bertz CT molecular complexity index is 605. The number of rotatable bonds is 4. The highest BCUT2D eigenvalue weighted by molar-refractivity contribution is 7.09. The molecule has 1 fully saturated rings. The van der Waals surface area contributed by atoms with Crippen molar-refractivity contribution in [3.8, 4) is 17.0 Å². The summed E-state index contributed by atoms with van der Waals surface area (Å²) in [6.07, 6.45) is 3.99. The molecule has 0 bridgehead atoms. The van der Waals surface area contributed by atoms with Crippen molar-refractivity contribution in [2.24, 2.45) is 0 Å². The number of nitrogens with two attached hydrogens (primary N) is 1. The largest absolute Gasteiger partial charge is 0.495 e. The van der Waals surface area contributed by atoms with Gasteiger partial charge in [0.2, 0.25) is 0 Å². The first-order valence-electron chi connectivity index (χ1n) is 7.37. The summed E-state index contributed by atoms with van der Waals surface area (Å²) >= 11 is 1.73. The zero-order valence-electron chi connectivity index (χ0n) is 12.3. The molecule has 1 saturated heterocycles. The second-order valence-electron chi connectivity index (χ2n) is 5.42. The predicted octanol–water partition coefficient (Wildman–Crippen LogP) is 3.39. The first-order chi connectivity index (χ1) is 10.3. The van der Waals surface area contributed by atoms with Crippen LogP contribution >= 0.6 is 11.3 Å². The van der Waals surface area contributed by atoms with Gasteiger partial charge in [-0.1, -0.05) is 6.42 Å². The van der Waals surface area contributed by atoms with E-state index in [9.17, 15) is 0 Å². The number of benzene rings is 1. The molecule has 0 saturated carbocycles. The van der Waals surface area contributed by atoms with E-state index in [-0.39, 0.29) is 0 Å². The fraction of sp³-hybridized carbons (Fsp3) is 0.438. The van der Waals surface area contributed by atoms with Gasteiger partial charge in [-0.3, -0.25) is 4.90 Å². The van der Waals surface area contributed by atoms with Crippen LogP contribution in [0.15, 0.2) is 23.6 Å². The molecule has 0 amide bonds. The number of nitrogen functional groups attached to an aromatic ring is 1. The monoisotopic (exact) mass is 303 g/mol. The average Bonchev–Trinajstić information content (AvgIpc) is 2.97. The van der Waals surface area contributed by atoms with E-state index in [1.54, 1.807) is 18.4 Å². The van der Waals surface area contributed by atoms with Gasteiger partial charge in [0.1, 0.15) is 10.8 Å². The van der Waals surface area contributed by atoms with Crippen LogP contribution < -0.4 is 10.5 Å². The second kappa shape index (κ2) is 6.45. The Hall–Kier alpha value is -1.59. The molecule has 5 heteroatoms. The van der Waals surface area contributed by atoms with Crippen molar-refractivity contribution >= 4 is 17.0 Å². The fourth-order valence-corrected chi connectivity index (χ4v) is 3.56. The normalized spacial score (nSPS) is 16.0. The smallest absolute Gasteiger partial charge is 0.141 e. The third kappa shape index (κ3) is 3.36. The summed E-state index contributed by atoms with van der Waals surface area (Å²) in [5, 5.41) is 3.29. The van der Waals surface area contributed by atoms with E-state index < -0.39 is 0 Å². The summed E-state index contributed by atoms with van der Waals surface area (Å²) in [6.45, 7) is 3.37. The molecule has 0 unspecified atom stereocenters. The summed E-state index contributed by atoms with van der Waals surface area (Å²) in [4.78, 5) is 7.25. The zero-order valence-corrected chi connectivity index (χ0v) is 13.2. The molecule has 1 aliphatic heterocycles. The van der Waals surface area contributed by atoms with Crippen molar-refractivity contribution in [3.05, 3.63) is 28.6 Å². The predicted molar refractivity (Wildman–Crippen MR) is 87.6 cm³/mol. The van der Waals surface area contributed by atoms with Gasteiger partial charge in [0.15, 0.2) is 0 Å². The number of aromatic nitrogens is 1. The van der Waals surface area contributed by atoms with Gasteiger partial charge in [0.25, 0.3) is 0 Å². The van der Waals surface area contributed by atoms with Crippen LogP contribution in [0.1, 0.15) is 24.3 Å². The van der Waals surface area contributed by atoms with Crippen LogP contribution in [-0.2, 0) is 6.54 Å². The molecule has 21 heavy (non-hydrogen) atoms. The summed E-state index contributed by atoms with van der Waals surface area (Å²) in [5.41, 5.74) is 8.67. The molecule has 0 atom stereocenters. The van der Waals surface area contributed by atoms with Crippen LogP contribution in [-0.4, -0.2) is 30.1 Å². The van der Waals surface area contributed by atoms with Crippen LogP contribution in [0.4, 0.5) is 5.69 Å². The Balaban J connectivity index is 1.73. The molecule has 1 aliphatic rings. The number of nitrogens with zero attached hydrogens (tertiary/aromatic N) is 2. The maximum atomic E-state index is 5.97. The van der Waals surface area contributed by atoms with Gasteiger partial charge >= 0.3 is 0 Å². The quantitative estimate of drug-likeness (QED) is 0.880. The van der Waals surface area contributed by atoms with E-state index in [2.05, 4.69) is 10.3 Å². The molecular formula is C16H21N3OS. The number of likely N-dealkylation sites (tertiary alicyclic amines) is 1. The van der Waals surface area contributed by atoms with Crippen LogP contribution in [0, 0.1) is 0 Å². The Labute approximate surface area is 129 Å². The van der Waals surface area contributed by atoms with Crippen LogP contribution in [0.25, 0.3) is 11.3 Å². The number of thiazole rings is 1. The molecule has 1 aromatic carbocycles. The molecular weight excluding hydrogens is 282 g/mol. The topological polar surface area (TPSA) is 51.4 Å². The van der Waals surface area contributed by atoms with E-state index >= 15 is 0 Å². The fourth-order valence-electron chi connectivity index (χ4n) is 2.72. The summed E-state index contributed by atoms with van der Waals surface area (Å²) in [6, 6.07) is 5.84. The second-order valence-corrected chi connectivity index (χ2v) is 6.36. The van der Waals surface area contributed by atoms with Gasteiger partial charge in [-0.25, -0.2) is 4.98 Å². The molecule has 0 radical (unpaired) electrons. The van der Waals surface area contributed by atoms with Crippen molar-refractivity contribution in [3.63, 3.8) is 0 Å². The lowest BCUT2D eigenvalue weighted by Gasteiger charge is -2.25. The highest BCUT2D eigenvalue weighted by Gasteiger charge is 2.13. The van der Waals surface area contributed by atoms with Crippen LogP contribution in [0.2, 0.25) is 0 Å². The molecule has 3 rings (SSSR count). The summed E-state index contributed by atoms with van der Waals surface area (Å²) in [5.74, 6) is 0.711. The zero-order chi connectivity index (χ0) is 14.7. The number of hydrogen-bond acceptors (Lipinski definition) is 5. The minimum Gasteiger partial charge on any atom is -0.495 e. The van der Waals surface area contributed by atoms with Gasteiger partial charge in [-0.05, 0) is 44.1 Å². The van der Waals surface area contributed by atoms with Crippen molar-refractivity contribution < 1.29 is 4.74 Å². The third-order valence-corrected chi connectivity index (χ3v) is 4.72. The lowest BCUT2D eigenvalue weighted by Crippen LogP contribution is -2.28. The molecule has 0 spiro atoms. The van der Waals surface area contributed by atoms with E-state index in [0.717, 1.165) is 17.8 Å². The SMILES string of the molecule is COc1ccc(-c2csc(CN3CCCCC3)n2)cc1N. The molecule has 4 nitrogen and oxygen atoms in total. The van der Waals surface area contributed by atoms with Crippen molar-refractivity contribution in [1.29, 1.82) is 0 Å². The third-order valence-electron chi connectivity index (χ3n) is 3.88. The molecule has 0 aliphatic carbocycles. The summed E-state index contributed by atoms with van der Waals surface area (Å²) < 4.78 is 5.19. The Kier molecular flexibility index (Phi) is 4.41. The average molecular weight is 303 g/mol. The van der Waals surface area contributed by atoms with Gasteiger partial charge in [-0.15, -0.1) is 11.3 Å². The Morgan fingerprint density at radius 2 is 2.10 bits per heavy atom. The molecule has 112 valence electrons. The Morgan fingerprint density at radius 1 is 1.29 bits per heavy atom. The van der Waals surface area contributed by atoms with Crippen molar-refractivity contribution in [2.45, 2.75) is 25.8 Å². The lowest BCUT2D eigenvalue weighted by molar-refractivity contribution is 0.220. The van der Waals surface area contributed by atoms with E-state index in [0.29, 0.717) is 11.4 Å². The number of methoxy groups -OCH3 is 1. The number of anilines is 1. The highest BCUT2D eigenvalue weighted by Crippen LogP contribution is 2.29. The van der Waals surface area contributed by atoms with Gasteiger partial charge in [0.05, 0.1) is 25.0 Å². The number of ether oxygens (including phenoxy) is 1. The Morgan fingerprint density at radius 3 is 2.81 bits per heavy atom. The van der Waals surface area contributed by atoms with E-state index in [1.165, 1.54) is 37.4 Å². The van der Waals surface area contributed by atoms with Crippen molar-refractivity contribution in [2.75, 3.05) is 25.9 Å². The molecule has 2 N–H and O–H groups in total. The minimum atomic E-state index is 0.653. The maximum absolute atomic E-state index is 5.97. The lowest BCUT2D eigenvalue weighted by atomic mass is 10.1. The summed E-state index contributed by atoms with van der Waals surface area (Å²) in [7, 11) is 1.63.